The number of carbonyl (C=O) groups is 1. The number of aliphatic hydroxyl groups excluding tert-OH is 1. The van der Waals surface area contributed by atoms with Gasteiger partial charge in [-0.15, -0.1) is 0 Å². The van der Waals surface area contributed by atoms with Crippen LogP contribution in [-0.4, -0.2) is 54.1 Å². The highest BCUT2D eigenvalue weighted by Crippen LogP contribution is 2.30. The molecule has 1 aromatic carbocycles. The van der Waals surface area contributed by atoms with Crippen molar-refractivity contribution in [1.82, 2.24) is 4.90 Å². The lowest BCUT2D eigenvalue weighted by Crippen LogP contribution is -2.42. The summed E-state index contributed by atoms with van der Waals surface area (Å²) in [7, 11) is 1.54. The average molecular weight is 338 g/mol. The monoisotopic (exact) mass is 338 g/mol. The van der Waals surface area contributed by atoms with Gasteiger partial charge in [0.1, 0.15) is 12.2 Å². The zero-order valence-corrected chi connectivity index (χ0v) is 14.6. The van der Waals surface area contributed by atoms with Crippen LogP contribution in [-0.2, 0) is 4.74 Å². The molecule has 1 aliphatic heterocycles. The number of rotatable bonds is 4. The van der Waals surface area contributed by atoms with Crippen molar-refractivity contribution >= 4 is 11.8 Å². The van der Waals surface area contributed by atoms with Gasteiger partial charge >= 0.3 is 6.09 Å². The molecule has 24 heavy (non-hydrogen) atoms. The van der Waals surface area contributed by atoms with E-state index in [2.05, 4.69) is 0 Å². The number of ether oxygens (including phenoxy) is 3. The molecule has 0 bridgehead atoms. The van der Waals surface area contributed by atoms with Crippen molar-refractivity contribution in [3.63, 3.8) is 0 Å². The summed E-state index contributed by atoms with van der Waals surface area (Å²) in [4.78, 5) is 13.8. The van der Waals surface area contributed by atoms with Crippen LogP contribution in [0.5, 0.6) is 11.5 Å². The number of nitrogens with two attached hydrogens (primary N) is 1. The second kappa shape index (κ2) is 7.17. The van der Waals surface area contributed by atoms with Gasteiger partial charge in [0.15, 0.2) is 11.5 Å². The summed E-state index contributed by atoms with van der Waals surface area (Å²) in [6.45, 7) is 5.89. The summed E-state index contributed by atoms with van der Waals surface area (Å²) in [6, 6.07) is 4.84. The Morgan fingerprint density at radius 3 is 2.71 bits per heavy atom. The highest BCUT2D eigenvalue weighted by Gasteiger charge is 2.37. The van der Waals surface area contributed by atoms with E-state index in [1.807, 2.05) is 20.8 Å². The van der Waals surface area contributed by atoms with E-state index >= 15 is 0 Å². The Morgan fingerprint density at radius 2 is 2.08 bits per heavy atom. The molecule has 1 aliphatic rings. The molecule has 1 saturated heterocycles. The molecule has 1 amide bonds. The molecule has 3 N–H and O–H groups in total. The van der Waals surface area contributed by atoms with Gasteiger partial charge in [0.05, 0.1) is 25.8 Å². The number of anilines is 1. The first-order valence-electron chi connectivity index (χ1n) is 7.93. The second-order valence-electron chi connectivity index (χ2n) is 6.90. The topological polar surface area (TPSA) is 94.3 Å². The first-order valence-corrected chi connectivity index (χ1v) is 7.93. The number of hydrogen-bond donors (Lipinski definition) is 2. The minimum atomic E-state index is -0.587. The highest BCUT2D eigenvalue weighted by atomic mass is 16.6. The maximum Gasteiger partial charge on any atom is 0.410 e. The lowest BCUT2D eigenvalue weighted by Gasteiger charge is -2.28. The molecule has 1 aromatic rings. The van der Waals surface area contributed by atoms with Crippen LogP contribution in [0.3, 0.4) is 0 Å². The van der Waals surface area contributed by atoms with Crippen LogP contribution >= 0.6 is 0 Å². The van der Waals surface area contributed by atoms with Gasteiger partial charge in [-0.3, -0.25) is 4.90 Å². The standard InChI is InChI=1S/C17H26N2O5/c1-17(2,3)24-16(21)19-9-13(20)8-12(19)10-23-14-6-5-11(18)7-15(14)22-4/h5-7,12-13,20H,8-10,18H2,1-4H3/t12-,13+/m0/s1. The first-order chi connectivity index (χ1) is 11.2. The molecule has 7 heteroatoms. The van der Waals surface area contributed by atoms with Gasteiger partial charge in [-0.2, -0.15) is 0 Å². The Labute approximate surface area is 142 Å². The Kier molecular flexibility index (Phi) is 5.43. The molecule has 0 spiro atoms. The fraction of sp³-hybridized carbons (Fsp3) is 0.588. The predicted molar refractivity (Wildman–Crippen MR) is 90.3 cm³/mol. The van der Waals surface area contributed by atoms with Crippen molar-refractivity contribution in [3.05, 3.63) is 18.2 Å². The molecular weight excluding hydrogens is 312 g/mol. The highest BCUT2D eigenvalue weighted by molar-refractivity contribution is 5.69. The zero-order valence-electron chi connectivity index (χ0n) is 14.6. The summed E-state index contributed by atoms with van der Waals surface area (Å²) >= 11 is 0. The number of likely N-dealkylation sites (tertiary alicyclic amines) is 1. The Morgan fingerprint density at radius 1 is 1.38 bits per heavy atom. The minimum Gasteiger partial charge on any atom is -0.493 e. The summed E-state index contributed by atoms with van der Waals surface area (Å²) in [5, 5.41) is 9.91. The van der Waals surface area contributed by atoms with Crippen LogP contribution in [0.25, 0.3) is 0 Å². The predicted octanol–water partition coefficient (Wildman–Crippen LogP) is 2.03. The molecule has 1 heterocycles. The minimum absolute atomic E-state index is 0.233. The third-order valence-electron chi connectivity index (χ3n) is 3.64. The van der Waals surface area contributed by atoms with Crippen LogP contribution in [0, 0.1) is 0 Å². The van der Waals surface area contributed by atoms with Crippen molar-refractivity contribution in [3.8, 4) is 11.5 Å². The number of nitrogen functional groups attached to an aromatic ring is 1. The SMILES string of the molecule is COc1cc(N)ccc1OC[C@@H]1C[C@@H](O)CN1C(=O)OC(C)(C)C. The van der Waals surface area contributed by atoms with Gasteiger partial charge in [-0.1, -0.05) is 0 Å². The molecule has 0 aliphatic carbocycles. The number of nitrogens with zero attached hydrogens (tertiary/aromatic N) is 1. The number of carbonyl (C=O) groups excluding carboxylic acids is 1. The van der Waals surface area contributed by atoms with Crippen LogP contribution in [0.1, 0.15) is 27.2 Å². The van der Waals surface area contributed by atoms with Crippen molar-refractivity contribution in [2.45, 2.75) is 44.9 Å². The molecule has 2 atom stereocenters. The van der Waals surface area contributed by atoms with Crippen molar-refractivity contribution in [1.29, 1.82) is 0 Å². The van der Waals surface area contributed by atoms with E-state index < -0.39 is 17.8 Å². The molecular formula is C17H26N2O5. The molecule has 0 aromatic heterocycles. The third-order valence-corrected chi connectivity index (χ3v) is 3.64. The van der Waals surface area contributed by atoms with Crippen LogP contribution in [0.4, 0.5) is 10.5 Å². The van der Waals surface area contributed by atoms with E-state index in [1.54, 1.807) is 18.2 Å². The molecule has 134 valence electrons. The number of hydrogen-bond acceptors (Lipinski definition) is 6. The van der Waals surface area contributed by atoms with Gasteiger partial charge in [0.2, 0.25) is 0 Å². The number of benzene rings is 1. The zero-order chi connectivity index (χ0) is 17.9. The quantitative estimate of drug-likeness (QED) is 0.816. The Balaban J connectivity index is 2.03. The van der Waals surface area contributed by atoms with Crippen LogP contribution < -0.4 is 15.2 Å². The Bertz CT molecular complexity index is 585. The van der Waals surface area contributed by atoms with Crippen molar-refractivity contribution < 1.29 is 24.1 Å². The summed E-state index contributed by atoms with van der Waals surface area (Å²) in [5.41, 5.74) is 5.71. The summed E-state index contributed by atoms with van der Waals surface area (Å²) in [5.74, 6) is 1.06. The van der Waals surface area contributed by atoms with Crippen molar-refractivity contribution in [2.24, 2.45) is 0 Å². The van der Waals surface area contributed by atoms with Gasteiger partial charge in [0.25, 0.3) is 0 Å². The maximum atomic E-state index is 12.3. The van der Waals surface area contributed by atoms with Crippen LogP contribution in [0.15, 0.2) is 18.2 Å². The van der Waals surface area contributed by atoms with Crippen molar-refractivity contribution in [2.75, 3.05) is 26.0 Å². The number of methoxy groups -OCH3 is 1. The van der Waals surface area contributed by atoms with E-state index in [-0.39, 0.29) is 19.2 Å². The smallest absolute Gasteiger partial charge is 0.410 e. The second-order valence-corrected chi connectivity index (χ2v) is 6.90. The molecule has 7 nitrogen and oxygen atoms in total. The number of aliphatic hydroxyl groups is 1. The van der Waals surface area contributed by atoms with E-state index in [0.29, 0.717) is 23.6 Å². The molecule has 0 saturated carbocycles. The van der Waals surface area contributed by atoms with E-state index in [1.165, 1.54) is 12.0 Å². The fourth-order valence-electron chi connectivity index (χ4n) is 2.58. The normalized spacial score (nSPS) is 20.8. The van der Waals surface area contributed by atoms with Gasteiger partial charge in [-0.05, 0) is 39.3 Å². The Hall–Kier alpha value is -2.15. The van der Waals surface area contributed by atoms with E-state index in [9.17, 15) is 9.90 Å². The van der Waals surface area contributed by atoms with E-state index in [0.717, 1.165) is 0 Å². The van der Waals surface area contributed by atoms with Gasteiger partial charge in [0, 0.05) is 11.8 Å². The fourth-order valence-corrected chi connectivity index (χ4v) is 2.58. The molecule has 0 unspecified atom stereocenters. The van der Waals surface area contributed by atoms with E-state index in [4.69, 9.17) is 19.9 Å². The molecule has 2 rings (SSSR count). The average Bonchev–Trinajstić information content (AvgIpc) is 2.85. The molecule has 0 radical (unpaired) electrons. The first kappa shape index (κ1) is 18.2. The van der Waals surface area contributed by atoms with Gasteiger partial charge in [-0.25, -0.2) is 4.79 Å². The summed E-state index contributed by atoms with van der Waals surface area (Å²) in [6.07, 6.45) is -0.590. The third kappa shape index (κ3) is 4.67. The maximum absolute atomic E-state index is 12.3. The van der Waals surface area contributed by atoms with Crippen LogP contribution in [0.2, 0.25) is 0 Å². The lowest BCUT2D eigenvalue weighted by molar-refractivity contribution is 0.0172. The summed E-state index contributed by atoms with van der Waals surface area (Å²) < 4.78 is 16.4. The number of β-amino-alcohol motifs (C(OH)–C–C–N with tert-alkyl or cyclic N) is 1. The number of amides is 1. The van der Waals surface area contributed by atoms with Gasteiger partial charge < -0.3 is 25.1 Å². The lowest BCUT2D eigenvalue weighted by atomic mass is 10.2. The largest absolute Gasteiger partial charge is 0.493 e. The molecule has 1 fully saturated rings.